The number of aryl methyl sites for hydroxylation is 1. The number of carbonyl (C=O) groups excluding carboxylic acids is 2. The molecule has 0 saturated carbocycles. The summed E-state index contributed by atoms with van der Waals surface area (Å²) in [6, 6.07) is 7.49. The Morgan fingerprint density at radius 2 is 2.00 bits per heavy atom. The van der Waals surface area contributed by atoms with Crippen LogP contribution in [0.3, 0.4) is 0 Å². The van der Waals surface area contributed by atoms with Gasteiger partial charge in [-0.15, -0.1) is 5.10 Å². The molecule has 0 radical (unpaired) electrons. The second kappa shape index (κ2) is 11.5. The number of fused-ring (bicyclic) bond motifs is 1. The van der Waals surface area contributed by atoms with Gasteiger partial charge in [0.15, 0.2) is 5.82 Å². The van der Waals surface area contributed by atoms with Crippen LogP contribution in [0, 0.1) is 0 Å². The fourth-order valence-corrected chi connectivity index (χ4v) is 4.69. The van der Waals surface area contributed by atoms with Crippen molar-refractivity contribution in [2.45, 2.75) is 25.6 Å². The van der Waals surface area contributed by atoms with E-state index in [1.54, 1.807) is 44.6 Å². The van der Waals surface area contributed by atoms with Crippen LogP contribution in [-0.2, 0) is 18.4 Å². The number of aliphatic hydroxyl groups excluding tert-OH is 1. The van der Waals surface area contributed by atoms with Gasteiger partial charge in [-0.25, -0.2) is 15.0 Å². The number of hydrogen-bond acceptors (Lipinski definition) is 10. The number of nitrogens with zero attached hydrogens (tertiary/aromatic N) is 8. The molecule has 3 aromatic heterocycles. The minimum absolute atomic E-state index is 0.268. The summed E-state index contributed by atoms with van der Waals surface area (Å²) in [5, 5.41) is 24.3. The van der Waals surface area contributed by atoms with Crippen molar-refractivity contribution < 1.29 is 14.7 Å². The normalized spacial score (nSPS) is 14.0. The molecule has 0 bridgehead atoms. The van der Waals surface area contributed by atoms with Crippen molar-refractivity contribution >= 4 is 41.0 Å². The quantitative estimate of drug-likeness (QED) is 0.270. The lowest BCUT2D eigenvalue weighted by Crippen LogP contribution is -2.46. The highest BCUT2D eigenvalue weighted by Gasteiger charge is 2.35. The molecule has 2 atom stereocenters. The molecule has 4 aromatic rings. The van der Waals surface area contributed by atoms with Gasteiger partial charge in [-0.05, 0) is 36.2 Å². The van der Waals surface area contributed by atoms with Crippen LogP contribution in [0.5, 0.6) is 0 Å². The number of aliphatic hydroxyl groups is 1. The Balaban J connectivity index is 1.32. The zero-order valence-electron chi connectivity index (χ0n) is 22.9. The van der Waals surface area contributed by atoms with E-state index in [4.69, 9.17) is 11.6 Å². The summed E-state index contributed by atoms with van der Waals surface area (Å²) < 4.78 is 0. The molecule has 14 heteroatoms. The average molecular weight is 577 g/mol. The summed E-state index contributed by atoms with van der Waals surface area (Å²) in [4.78, 5) is 44.4. The zero-order chi connectivity index (χ0) is 29.3. The lowest BCUT2D eigenvalue weighted by Gasteiger charge is -2.26. The molecule has 0 unspecified atom stereocenters. The molecular formula is C27H29ClN10O3. The molecule has 212 valence electrons. The van der Waals surface area contributed by atoms with E-state index in [2.05, 4.69) is 35.8 Å². The van der Waals surface area contributed by atoms with Crippen molar-refractivity contribution in [3.63, 3.8) is 0 Å². The Morgan fingerprint density at radius 1 is 1.20 bits per heavy atom. The van der Waals surface area contributed by atoms with Crippen LogP contribution in [-0.4, -0.2) is 78.5 Å². The second-order valence-corrected chi connectivity index (χ2v) is 10.2. The molecule has 0 aliphatic carbocycles. The summed E-state index contributed by atoms with van der Waals surface area (Å²) in [6.07, 6.45) is 4.64. The lowest BCUT2D eigenvalue weighted by atomic mass is 10.0. The monoisotopic (exact) mass is 576 g/mol. The maximum Gasteiger partial charge on any atom is 0.255 e. The highest BCUT2D eigenvalue weighted by molar-refractivity contribution is 6.33. The Bertz CT molecular complexity index is 1610. The van der Waals surface area contributed by atoms with Crippen LogP contribution in [0.1, 0.15) is 34.5 Å². The Kier molecular flexibility index (Phi) is 7.81. The first-order valence-electron chi connectivity index (χ1n) is 12.8. The predicted molar refractivity (Wildman–Crippen MR) is 153 cm³/mol. The molecule has 0 saturated heterocycles. The van der Waals surface area contributed by atoms with E-state index in [0.29, 0.717) is 39.0 Å². The number of halogens is 1. The highest BCUT2D eigenvalue weighted by atomic mass is 35.5. The minimum Gasteiger partial charge on any atom is -0.394 e. The number of nitrogens with one attached hydrogen (secondary N) is 2. The number of anilines is 3. The Hall–Kier alpha value is -4.62. The second-order valence-electron chi connectivity index (χ2n) is 9.80. The van der Waals surface area contributed by atoms with Gasteiger partial charge in [0.1, 0.15) is 11.9 Å². The smallest absolute Gasteiger partial charge is 0.255 e. The van der Waals surface area contributed by atoms with Crippen molar-refractivity contribution in [2.24, 2.45) is 7.05 Å². The van der Waals surface area contributed by atoms with Gasteiger partial charge in [-0.3, -0.25) is 9.59 Å². The molecule has 0 spiro atoms. The number of carbonyl (C=O) groups is 2. The third-order valence-electron chi connectivity index (χ3n) is 6.77. The van der Waals surface area contributed by atoms with Gasteiger partial charge in [-0.1, -0.05) is 23.7 Å². The predicted octanol–water partition coefficient (Wildman–Crippen LogP) is 2.32. The number of amides is 2. The van der Waals surface area contributed by atoms with Crippen LogP contribution < -0.4 is 15.5 Å². The van der Waals surface area contributed by atoms with Crippen molar-refractivity contribution in [1.82, 2.24) is 40.2 Å². The van der Waals surface area contributed by atoms with Gasteiger partial charge in [0.05, 0.1) is 35.8 Å². The van der Waals surface area contributed by atoms with Crippen molar-refractivity contribution in [1.29, 1.82) is 0 Å². The first kappa shape index (κ1) is 27.9. The third kappa shape index (κ3) is 5.81. The maximum absolute atomic E-state index is 13.5. The summed E-state index contributed by atoms with van der Waals surface area (Å²) in [6.45, 7) is 1.63. The number of pyridine rings is 1. The molecule has 2 amide bonds. The molecule has 1 aliphatic heterocycles. The molecule has 1 aromatic carbocycles. The molecule has 1 aliphatic rings. The molecule has 3 N–H and O–H groups in total. The largest absolute Gasteiger partial charge is 0.394 e. The summed E-state index contributed by atoms with van der Waals surface area (Å²) in [5.74, 6) is 0.774. The Labute approximate surface area is 241 Å². The minimum atomic E-state index is -0.784. The van der Waals surface area contributed by atoms with E-state index in [0.717, 1.165) is 5.56 Å². The van der Waals surface area contributed by atoms with Gasteiger partial charge in [0.25, 0.3) is 5.91 Å². The highest BCUT2D eigenvalue weighted by Crippen LogP contribution is 2.32. The first-order chi connectivity index (χ1) is 19.6. The van der Waals surface area contributed by atoms with Crippen molar-refractivity contribution in [3.05, 3.63) is 70.6 Å². The van der Waals surface area contributed by atoms with Crippen LogP contribution in [0.15, 0.2) is 48.9 Å². The van der Waals surface area contributed by atoms with Crippen molar-refractivity contribution in [2.75, 3.05) is 30.9 Å². The van der Waals surface area contributed by atoms with E-state index in [1.165, 1.54) is 15.9 Å². The molecule has 41 heavy (non-hydrogen) atoms. The molecular weight excluding hydrogens is 548 g/mol. The van der Waals surface area contributed by atoms with Gasteiger partial charge in [0.2, 0.25) is 11.9 Å². The van der Waals surface area contributed by atoms with E-state index >= 15 is 0 Å². The van der Waals surface area contributed by atoms with Crippen LogP contribution in [0.25, 0.3) is 11.3 Å². The SMILES string of the molecule is C[C@H](C(=O)N[C@H](CO)c1ccnc(N(C)C)c1)N1Cc2ccc(-c3nc(Nc4cnn(C)n4)ncc3Cl)cc2C1=O. The molecule has 0 fully saturated rings. The number of aromatic nitrogens is 6. The molecule has 13 nitrogen and oxygen atoms in total. The Morgan fingerprint density at radius 3 is 2.71 bits per heavy atom. The van der Waals surface area contributed by atoms with Crippen molar-refractivity contribution in [3.8, 4) is 11.3 Å². The summed E-state index contributed by atoms with van der Waals surface area (Å²) in [7, 11) is 5.41. The molecule has 4 heterocycles. The van der Waals surface area contributed by atoms with E-state index in [1.807, 2.05) is 31.1 Å². The average Bonchev–Trinajstić information content (AvgIpc) is 3.53. The number of rotatable bonds is 9. The number of benzene rings is 1. The third-order valence-corrected chi connectivity index (χ3v) is 7.05. The standard InChI is InChI=1S/C27H29ClN10O3/c1-15(25(40)32-21(14-39)16-7-8-29-23(10-16)36(2)3)38-13-18-6-5-17(9-19(18)26(38)41)24-20(28)11-30-27(34-24)33-22-12-31-37(4)35-22/h5-12,15,21,39H,13-14H2,1-4H3,(H,32,40)(H,30,33,34,35)/t15-,21-/m1/s1. The van der Waals surface area contributed by atoms with Gasteiger partial charge < -0.3 is 25.5 Å². The van der Waals surface area contributed by atoms with E-state index < -0.39 is 12.1 Å². The zero-order valence-corrected chi connectivity index (χ0v) is 23.7. The van der Waals surface area contributed by atoms with E-state index in [-0.39, 0.29) is 30.9 Å². The van der Waals surface area contributed by atoms with Crippen LogP contribution in [0.2, 0.25) is 5.02 Å². The summed E-state index contributed by atoms with van der Waals surface area (Å²) >= 11 is 6.43. The van der Waals surface area contributed by atoms with Gasteiger partial charge >= 0.3 is 0 Å². The fraction of sp³-hybridized carbons (Fsp3) is 0.296. The number of hydrogen-bond donors (Lipinski definition) is 3. The molecule has 5 rings (SSSR count). The van der Waals surface area contributed by atoms with Gasteiger partial charge in [-0.2, -0.15) is 9.90 Å². The maximum atomic E-state index is 13.5. The fourth-order valence-electron chi connectivity index (χ4n) is 4.49. The topological polar surface area (TPSA) is 154 Å². The van der Waals surface area contributed by atoms with E-state index in [9.17, 15) is 14.7 Å². The van der Waals surface area contributed by atoms with Crippen LogP contribution in [0.4, 0.5) is 17.6 Å². The van der Waals surface area contributed by atoms with Crippen LogP contribution >= 0.6 is 11.6 Å². The van der Waals surface area contributed by atoms with Gasteiger partial charge in [0, 0.05) is 45.0 Å². The summed E-state index contributed by atoms with van der Waals surface area (Å²) in [5.41, 5.74) is 3.02. The lowest BCUT2D eigenvalue weighted by molar-refractivity contribution is -0.126. The first-order valence-corrected chi connectivity index (χ1v) is 13.2.